The van der Waals surface area contributed by atoms with Gasteiger partial charge >= 0.3 is 0 Å². The van der Waals surface area contributed by atoms with Crippen LogP contribution >= 0.6 is 0 Å². The standard InChI is InChI=1S/C22H23N3O/c23-13-21-10-9-19(14-24-21)17-5-7-18(8-6-17)22(26)25-12-11-16-3-1-2-4-20(16)15-25/h5-10,14,16,20H,1-4,11-12,15H2/t16-,20-/m0/s1. The smallest absolute Gasteiger partial charge is 0.253 e. The van der Waals surface area contributed by atoms with Crippen molar-refractivity contribution in [2.75, 3.05) is 13.1 Å². The summed E-state index contributed by atoms with van der Waals surface area (Å²) in [6, 6.07) is 13.4. The fourth-order valence-electron chi connectivity index (χ4n) is 4.40. The Morgan fingerprint density at radius 3 is 2.42 bits per heavy atom. The van der Waals surface area contributed by atoms with Crippen LogP contribution in [-0.4, -0.2) is 28.9 Å². The minimum atomic E-state index is 0.151. The monoisotopic (exact) mass is 345 g/mol. The Hall–Kier alpha value is -2.67. The fraction of sp³-hybridized carbons (Fsp3) is 0.409. The number of benzene rings is 1. The molecule has 0 bridgehead atoms. The van der Waals surface area contributed by atoms with Gasteiger partial charge in [0.2, 0.25) is 0 Å². The van der Waals surface area contributed by atoms with Gasteiger partial charge in [0.15, 0.2) is 0 Å². The van der Waals surface area contributed by atoms with Crippen LogP contribution in [0.1, 0.15) is 48.2 Å². The van der Waals surface area contributed by atoms with E-state index in [1.165, 1.54) is 25.7 Å². The number of carbonyl (C=O) groups excluding carboxylic acids is 1. The first-order chi connectivity index (χ1) is 12.7. The molecule has 1 aromatic heterocycles. The number of nitriles is 1. The molecule has 1 aliphatic heterocycles. The molecule has 2 fully saturated rings. The molecule has 1 aromatic carbocycles. The van der Waals surface area contributed by atoms with Crippen LogP contribution in [0.25, 0.3) is 11.1 Å². The minimum absolute atomic E-state index is 0.151. The lowest BCUT2D eigenvalue weighted by molar-refractivity contribution is 0.0521. The zero-order valence-electron chi connectivity index (χ0n) is 14.9. The van der Waals surface area contributed by atoms with E-state index in [0.29, 0.717) is 11.6 Å². The summed E-state index contributed by atoms with van der Waals surface area (Å²) in [5.41, 5.74) is 3.12. The van der Waals surface area contributed by atoms with E-state index in [0.717, 1.165) is 42.1 Å². The Kier molecular flexibility index (Phi) is 4.71. The lowest BCUT2D eigenvalue weighted by atomic mass is 9.75. The Balaban J connectivity index is 1.46. The highest BCUT2D eigenvalue weighted by atomic mass is 16.2. The number of nitrogens with zero attached hydrogens (tertiary/aromatic N) is 3. The highest BCUT2D eigenvalue weighted by molar-refractivity contribution is 5.94. The molecule has 2 aromatic rings. The number of hydrogen-bond donors (Lipinski definition) is 0. The molecule has 2 heterocycles. The van der Waals surface area contributed by atoms with E-state index in [1.54, 1.807) is 12.3 Å². The van der Waals surface area contributed by atoms with Crippen LogP contribution in [0.4, 0.5) is 0 Å². The summed E-state index contributed by atoms with van der Waals surface area (Å²) in [6.07, 6.45) is 8.16. The van der Waals surface area contributed by atoms with Crippen LogP contribution in [0.15, 0.2) is 42.6 Å². The van der Waals surface area contributed by atoms with Crippen molar-refractivity contribution in [2.45, 2.75) is 32.1 Å². The van der Waals surface area contributed by atoms with E-state index < -0.39 is 0 Å². The molecule has 0 spiro atoms. The van der Waals surface area contributed by atoms with Crippen LogP contribution in [0.5, 0.6) is 0 Å². The second kappa shape index (κ2) is 7.29. The molecular formula is C22H23N3O. The van der Waals surface area contributed by atoms with E-state index in [2.05, 4.69) is 4.98 Å². The van der Waals surface area contributed by atoms with Gasteiger partial charge in [-0.05, 0) is 54.5 Å². The summed E-state index contributed by atoms with van der Waals surface area (Å²) in [4.78, 5) is 19.0. The molecule has 1 amide bonds. The number of piperidine rings is 1. The van der Waals surface area contributed by atoms with Gasteiger partial charge in [-0.3, -0.25) is 4.79 Å². The predicted octanol–water partition coefficient (Wildman–Crippen LogP) is 4.27. The highest BCUT2D eigenvalue weighted by Gasteiger charge is 2.33. The molecule has 4 heteroatoms. The van der Waals surface area contributed by atoms with Gasteiger partial charge in [0.05, 0.1) is 0 Å². The molecule has 1 saturated heterocycles. The SMILES string of the molecule is N#Cc1ccc(-c2ccc(C(=O)N3CC[C@@H]4CCCC[C@H]4C3)cc2)cn1. The normalized spacial score (nSPS) is 22.3. The van der Waals surface area contributed by atoms with Crippen LogP contribution in [0.3, 0.4) is 0 Å². The molecule has 132 valence electrons. The number of hydrogen-bond acceptors (Lipinski definition) is 3. The zero-order chi connectivity index (χ0) is 17.9. The third-order valence-electron chi connectivity index (χ3n) is 5.92. The van der Waals surface area contributed by atoms with Gasteiger partial charge in [-0.25, -0.2) is 4.98 Å². The number of amides is 1. The molecule has 2 aliphatic rings. The second-order valence-corrected chi connectivity index (χ2v) is 7.47. The van der Waals surface area contributed by atoms with Gasteiger partial charge in [-0.2, -0.15) is 5.26 Å². The number of carbonyl (C=O) groups is 1. The summed E-state index contributed by atoms with van der Waals surface area (Å²) in [5, 5.41) is 8.84. The molecular weight excluding hydrogens is 322 g/mol. The number of pyridine rings is 1. The van der Waals surface area contributed by atoms with Crippen LogP contribution in [-0.2, 0) is 0 Å². The van der Waals surface area contributed by atoms with Gasteiger partial charge in [0, 0.05) is 30.4 Å². The van der Waals surface area contributed by atoms with Crippen LogP contribution in [0.2, 0.25) is 0 Å². The second-order valence-electron chi connectivity index (χ2n) is 7.47. The quantitative estimate of drug-likeness (QED) is 0.816. The van der Waals surface area contributed by atoms with Crippen LogP contribution in [0, 0.1) is 23.2 Å². The van der Waals surface area contributed by atoms with Crippen molar-refractivity contribution >= 4 is 5.91 Å². The maximum absolute atomic E-state index is 12.9. The first kappa shape index (κ1) is 16.8. The van der Waals surface area contributed by atoms with Crippen molar-refractivity contribution in [3.8, 4) is 17.2 Å². The summed E-state index contributed by atoms with van der Waals surface area (Å²) < 4.78 is 0. The topological polar surface area (TPSA) is 57.0 Å². The van der Waals surface area contributed by atoms with E-state index in [9.17, 15) is 4.79 Å². The van der Waals surface area contributed by atoms with E-state index in [-0.39, 0.29) is 5.91 Å². The first-order valence-electron chi connectivity index (χ1n) is 9.50. The average molecular weight is 345 g/mol. The Labute approximate surface area is 154 Å². The summed E-state index contributed by atoms with van der Waals surface area (Å²) in [7, 11) is 0. The van der Waals surface area contributed by atoms with Crippen molar-refractivity contribution in [1.29, 1.82) is 5.26 Å². The molecule has 4 rings (SSSR count). The number of fused-ring (bicyclic) bond motifs is 1. The molecule has 2 atom stereocenters. The maximum Gasteiger partial charge on any atom is 0.253 e. The number of aromatic nitrogens is 1. The highest BCUT2D eigenvalue weighted by Crippen LogP contribution is 2.36. The van der Waals surface area contributed by atoms with E-state index >= 15 is 0 Å². The van der Waals surface area contributed by atoms with Gasteiger partial charge in [0.25, 0.3) is 5.91 Å². The average Bonchev–Trinajstić information content (AvgIpc) is 2.73. The van der Waals surface area contributed by atoms with E-state index in [1.807, 2.05) is 41.3 Å². The van der Waals surface area contributed by atoms with Gasteiger partial charge < -0.3 is 4.90 Å². The van der Waals surface area contributed by atoms with Crippen molar-refractivity contribution < 1.29 is 4.79 Å². The van der Waals surface area contributed by atoms with Crippen LogP contribution < -0.4 is 0 Å². The Morgan fingerprint density at radius 2 is 1.73 bits per heavy atom. The molecule has 4 nitrogen and oxygen atoms in total. The van der Waals surface area contributed by atoms with Crippen molar-refractivity contribution in [1.82, 2.24) is 9.88 Å². The molecule has 1 aliphatic carbocycles. The maximum atomic E-state index is 12.9. The molecule has 0 radical (unpaired) electrons. The fourth-order valence-corrected chi connectivity index (χ4v) is 4.40. The Morgan fingerprint density at radius 1 is 1.00 bits per heavy atom. The predicted molar refractivity (Wildman–Crippen MR) is 100 cm³/mol. The van der Waals surface area contributed by atoms with Gasteiger partial charge in [-0.15, -0.1) is 0 Å². The van der Waals surface area contributed by atoms with Crippen molar-refractivity contribution in [2.24, 2.45) is 11.8 Å². The summed E-state index contributed by atoms with van der Waals surface area (Å²) in [5.74, 6) is 1.68. The lowest BCUT2D eigenvalue weighted by Gasteiger charge is -2.41. The third-order valence-corrected chi connectivity index (χ3v) is 5.92. The van der Waals surface area contributed by atoms with Gasteiger partial charge in [0.1, 0.15) is 11.8 Å². The molecule has 1 saturated carbocycles. The largest absolute Gasteiger partial charge is 0.338 e. The van der Waals surface area contributed by atoms with Crippen molar-refractivity contribution in [3.63, 3.8) is 0 Å². The zero-order valence-corrected chi connectivity index (χ0v) is 14.9. The lowest BCUT2D eigenvalue weighted by Crippen LogP contribution is -2.44. The van der Waals surface area contributed by atoms with E-state index in [4.69, 9.17) is 5.26 Å². The summed E-state index contributed by atoms with van der Waals surface area (Å²) in [6.45, 7) is 1.81. The summed E-state index contributed by atoms with van der Waals surface area (Å²) >= 11 is 0. The third kappa shape index (κ3) is 3.35. The number of likely N-dealkylation sites (tertiary alicyclic amines) is 1. The molecule has 0 N–H and O–H groups in total. The number of rotatable bonds is 2. The molecule has 0 unspecified atom stereocenters. The van der Waals surface area contributed by atoms with Gasteiger partial charge in [-0.1, -0.05) is 31.4 Å². The Bertz CT molecular complexity index is 820. The minimum Gasteiger partial charge on any atom is -0.338 e. The van der Waals surface area contributed by atoms with Crippen molar-refractivity contribution in [3.05, 3.63) is 53.9 Å². The molecule has 26 heavy (non-hydrogen) atoms. The first-order valence-corrected chi connectivity index (χ1v) is 9.50.